The van der Waals surface area contributed by atoms with Crippen molar-refractivity contribution in [2.75, 3.05) is 33.3 Å². The number of aromatic nitrogens is 2. The fourth-order valence-electron chi connectivity index (χ4n) is 5.11. The zero-order chi connectivity index (χ0) is 23.3. The molecule has 1 aliphatic rings. The van der Waals surface area contributed by atoms with Gasteiger partial charge in [0.15, 0.2) is 0 Å². The Kier molecular flexibility index (Phi) is 6.74. The van der Waals surface area contributed by atoms with E-state index in [2.05, 4.69) is 88.9 Å². The first-order chi connectivity index (χ1) is 16.8. The summed E-state index contributed by atoms with van der Waals surface area (Å²) in [5.74, 6) is 1.84. The van der Waals surface area contributed by atoms with E-state index in [9.17, 15) is 0 Å². The van der Waals surface area contributed by atoms with Gasteiger partial charge in [-0.15, -0.1) is 0 Å². The third kappa shape index (κ3) is 4.49. The number of hydrogen-bond donors (Lipinski definition) is 2. The third-order valence-corrected chi connectivity index (χ3v) is 6.74. The van der Waals surface area contributed by atoms with Gasteiger partial charge in [-0.25, -0.2) is 4.98 Å². The van der Waals surface area contributed by atoms with Crippen LogP contribution < -0.4 is 10.1 Å². The molecule has 34 heavy (non-hydrogen) atoms. The number of nitrogens with one attached hydrogen (secondary N) is 2. The zero-order valence-electron chi connectivity index (χ0n) is 19.9. The highest BCUT2D eigenvalue weighted by molar-refractivity contribution is 5.65. The fraction of sp³-hybridized carbons (Fsp3) is 0.276. The van der Waals surface area contributed by atoms with E-state index in [1.165, 1.54) is 11.1 Å². The van der Waals surface area contributed by atoms with Crippen LogP contribution in [0.4, 0.5) is 0 Å². The number of aryl methyl sites for hydroxylation is 1. The van der Waals surface area contributed by atoms with Gasteiger partial charge in [-0.3, -0.25) is 4.90 Å². The van der Waals surface area contributed by atoms with Crippen LogP contribution in [0.5, 0.6) is 5.75 Å². The Morgan fingerprint density at radius 3 is 2.03 bits per heavy atom. The summed E-state index contributed by atoms with van der Waals surface area (Å²) >= 11 is 0. The van der Waals surface area contributed by atoms with E-state index >= 15 is 0 Å². The minimum absolute atomic E-state index is 0.103. The number of aromatic amines is 1. The summed E-state index contributed by atoms with van der Waals surface area (Å²) < 4.78 is 5.63. The first-order valence-electron chi connectivity index (χ1n) is 12.0. The van der Waals surface area contributed by atoms with Crippen LogP contribution in [0, 0.1) is 6.92 Å². The van der Waals surface area contributed by atoms with Crippen molar-refractivity contribution in [3.05, 3.63) is 107 Å². The molecule has 1 atom stereocenters. The van der Waals surface area contributed by atoms with Crippen LogP contribution in [0.2, 0.25) is 0 Å². The molecule has 0 aliphatic carbocycles. The van der Waals surface area contributed by atoms with Crippen molar-refractivity contribution in [3.8, 4) is 17.1 Å². The summed E-state index contributed by atoms with van der Waals surface area (Å²) in [6, 6.07) is 29.9. The van der Waals surface area contributed by atoms with E-state index in [1.807, 2.05) is 18.2 Å². The zero-order valence-corrected chi connectivity index (χ0v) is 19.9. The molecule has 1 aromatic heterocycles. The highest BCUT2D eigenvalue weighted by Gasteiger charge is 2.35. The second-order valence-electron chi connectivity index (χ2n) is 8.83. The molecule has 5 rings (SSSR count). The SMILES string of the molecule is COc1ccccc1-c1nc(C(C(c2ccccc2)c2ccccc2)N2CCNCC2)c(C)[nH]1. The fourth-order valence-corrected chi connectivity index (χ4v) is 5.11. The largest absolute Gasteiger partial charge is 0.496 e. The van der Waals surface area contributed by atoms with Crippen LogP contribution in [-0.4, -0.2) is 48.2 Å². The van der Waals surface area contributed by atoms with Crippen molar-refractivity contribution in [1.82, 2.24) is 20.2 Å². The Labute approximate surface area is 201 Å². The van der Waals surface area contributed by atoms with E-state index < -0.39 is 0 Å². The van der Waals surface area contributed by atoms with Gasteiger partial charge in [-0.05, 0) is 30.2 Å². The van der Waals surface area contributed by atoms with Gasteiger partial charge in [0.05, 0.1) is 24.4 Å². The number of imidazole rings is 1. The minimum Gasteiger partial charge on any atom is -0.496 e. The number of para-hydroxylation sites is 1. The minimum atomic E-state index is 0.103. The molecule has 1 saturated heterocycles. The lowest BCUT2D eigenvalue weighted by Gasteiger charge is -2.39. The predicted octanol–water partition coefficient (Wildman–Crippen LogP) is 5.17. The van der Waals surface area contributed by atoms with E-state index in [0.29, 0.717) is 0 Å². The van der Waals surface area contributed by atoms with Crippen LogP contribution in [-0.2, 0) is 0 Å². The number of rotatable bonds is 7. The lowest BCUT2D eigenvalue weighted by molar-refractivity contribution is 0.156. The molecule has 5 nitrogen and oxygen atoms in total. The quantitative estimate of drug-likeness (QED) is 0.406. The van der Waals surface area contributed by atoms with Crippen LogP contribution in [0.25, 0.3) is 11.4 Å². The van der Waals surface area contributed by atoms with Gasteiger partial charge < -0.3 is 15.0 Å². The first kappa shape index (κ1) is 22.4. The number of benzene rings is 3. The maximum Gasteiger partial charge on any atom is 0.141 e. The molecule has 0 spiro atoms. The smallest absolute Gasteiger partial charge is 0.141 e. The van der Waals surface area contributed by atoms with Crippen molar-refractivity contribution in [1.29, 1.82) is 0 Å². The van der Waals surface area contributed by atoms with Crippen LogP contribution >= 0.6 is 0 Å². The predicted molar refractivity (Wildman–Crippen MR) is 137 cm³/mol. The van der Waals surface area contributed by atoms with Gasteiger partial charge in [-0.2, -0.15) is 0 Å². The topological polar surface area (TPSA) is 53.2 Å². The molecule has 1 unspecified atom stereocenters. The van der Waals surface area contributed by atoms with Crippen LogP contribution in [0.15, 0.2) is 84.9 Å². The van der Waals surface area contributed by atoms with Crippen molar-refractivity contribution in [3.63, 3.8) is 0 Å². The molecule has 1 fully saturated rings. The van der Waals surface area contributed by atoms with Crippen molar-refractivity contribution < 1.29 is 4.74 Å². The van der Waals surface area contributed by atoms with Gasteiger partial charge in [0.2, 0.25) is 0 Å². The second kappa shape index (κ2) is 10.2. The standard InChI is InChI=1S/C29H32N4O/c1-21-27(32-29(31-21)24-15-9-10-16-25(24)34-2)28(33-19-17-30-18-20-33)26(22-11-5-3-6-12-22)23-13-7-4-8-14-23/h3-16,26,28,30H,17-20H2,1-2H3,(H,31,32). The Morgan fingerprint density at radius 1 is 0.824 bits per heavy atom. The summed E-state index contributed by atoms with van der Waals surface area (Å²) in [6.07, 6.45) is 0. The van der Waals surface area contributed by atoms with Gasteiger partial charge in [0, 0.05) is 37.8 Å². The van der Waals surface area contributed by atoms with Crippen molar-refractivity contribution in [2.24, 2.45) is 0 Å². The molecule has 3 aromatic carbocycles. The lowest BCUT2D eigenvalue weighted by atomic mass is 9.82. The average Bonchev–Trinajstić information content (AvgIpc) is 3.29. The molecule has 0 saturated carbocycles. The molecule has 1 aliphatic heterocycles. The van der Waals surface area contributed by atoms with Crippen molar-refractivity contribution in [2.45, 2.75) is 18.9 Å². The molecule has 2 N–H and O–H groups in total. The van der Waals surface area contributed by atoms with E-state index in [-0.39, 0.29) is 12.0 Å². The summed E-state index contributed by atoms with van der Waals surface area (Å²) in [5, 5.41) is 3.51. The number of nitrogens with zero attached hydrogens (tertiary/aromatic N) is 2. The molecule has 174 valence electrons. The van der Waals surface area contributed by atoms with Gasteiger partial charge in [0.1, 0.15) is 11.6 Å². The molecule has 4 aromatic rings. The van der Waals surface area contributed by atoms with E-state index in [4.69, 9.17) is 9.72 Å². The maximum absolute atomic E-state index is 5.63. The third-order valence-electron chi connectivity index (χ3n) is 6.74. The molecule has 0 bridgehead atoms. The lowest BCUT2D eigenvalue weighted by Crippen LogP contribution is -2.47. The number of hydrogen-bond acceptors (Lipinski definition) is 4. The van der Waals surface area contributed by atoms with E-state index in [0.717, 1.165) is 54.7 Å². The van der Waals surface area contributed by atoms with Gasteiger partial charge in [-0.1, -0.05) is 72.8 Å². The molecular formula is C29H32N4O. The summed E-state index contributed by atoms with van der Waals surface area (Å²) in [6.45, 7) is 6.07. The highest BCUT2D eigenvalue weighted by atomic mass is 16.5. The Hall–Kier alpha value is -3.41. The first-order valence-corrected chi connectivity index (χ1v) is 12.0. The number of ether oxygens (including phenoxy) is 1. The highest BCUT2D eigenvalue weighted by Crippen LogP contribution is 2.42. The maximum atomic E-state index is 5.63. The Bertz CT molecular complexity index is 1160. The Morgan fingerprint density at radius 2 is 1.41 bits per heavy atom. The second-order valence-corrected chi connectivity index (χ2v) is 8.83. The summed E-state index contributed by atoms with van der Waals surface area (Å²) in [4.78, 5) is 11.4. The molecule has 0 amide bonds. The summed E-state index contributed by atoms with van der Waals surface area (Å²) in [5.41, 5.74) is 5.79. The molecular weight excluding hydrogens is 420 g/mol. The van der Waals surface area contributed by atoms with Crippen LogP contribution in [0.1, 0.15) is 34.5 Å². The Balaban J connectivity index is 1.67. The monoisotopic (exact) mass is 452 g/mol. The average molecular weight is 453 g/mol. The van der Waals surface area contributed by atoms with Crippen LogP contribution in [0.3, 0.4) is 0 Å². The molecule has 0 radical (unpaired) electrons. The van der Waals surface area contributed by atoms with Gasteiger partial charge >= 0.3 is 0 Å². The van der Waals surface area contributed by atoms with Crippen molar-refractivity contribution >= 4 is 0 Å². The van der Waals surface area contributed by atoms with Gasteiger partial charge in [0.25, 0.3) is 0 Å². The summed E-state index contributed by atoms with van der Waals surface area (Å²) in [7, 11) is 1.71. The normalized spacial score (nSPS) is 15.4. The molecule has 5 heteroatoms. The number of H-pyrrole nitrogens is 1. The van der Waals surface area contributed by atoms with E-state index in [1.54, 1.807) is 7.11 Å². The number of methoxy groups -OCH3 is 1. The molecule has 2 heterocycles. The number of piperazine rings is 1.